The van der Waals surface area contributed by atoms with E-state index in [9.17, 15) is 13.2 Å². The summed E-state index contributed by atoms with van der Waals surface area (Å²) in [5.74, 6) is 1.38. The van der Waals surface area contributed by atoms with Gasteiger partial charge in [0.15, 0.2) is 11.5 Å². The van der Waals surface area contributed by atoms with Crippen molar-refractivity contribution in [3.05, 3.63) is 53.6 Å². The minimum absolute atomic E-state index is 0.213. The average Bonchev–Trinajstić information content (AvgIpc) is 2.92. The number of benzene rings is 2. The summed E-state index contributed by atoms with van der Waals surface area (Å²) in [6, 6.07) is 10.5. The fourth-order valence-corrected chi connectivity index (χ4v) is 2.03. The van der Waals surface area contributed by atoms with Gasteiger partial charge in [-0.2, -0.15) is 13.2 Å². The molecule has 1 aliphatic rings. The van der Waals surface area contributed by atoms with Gasteiger partial charge in [0, 0.05) is 12.2 Å². The summed E-state index contributed by atoms with van der Waals surface area (Å²) >= 11 is 0. The lowest BCUT2D eigenvalue weighted by Crippen LogP contribution is -2.05. The van der Waals surface area contributed by atoms with Crippen LogP contribution in [-0.4, -0.2) is 6.79 Å². The molecule has 0 amide bonds. The Balaban J connectivity index is 1.65. The maximum absolute atomic E-state index is 12.5. The van der Waals surface area contributed by atoms with Gasteiger partial charge in [0.2, 0.25) is 6.79 Å². The van der Waals surface area contributed by atoms with Crippen LogP contribution in [0.4, 0.5) is 18.9 Å². The molecule has 0 bridgehead atoms. The Morgan fingerprint density at radius 3 is 2.38 bits per heavy atom. The first-order valence-corrected chi connectivity index (χ1v) is 6.32. The van der Waals surface area contributed by atoms with Crippen LogP contribution in [0.3, 0.4) is 0 Å². The van der Waals surface area contributed by atoms with Crippen molar-refractivity contribution in [1.82, 2.24) is 0 Å². The number of halogens is 3. The quantitative estimate of drug-likeness (QED) is 0.926. The number of rotatable bonds is 3. The van der Waals surface area contributed by atoms with Crippen LogP contribution < -0.4 is 14.8 Å². The molecule has 3 nitrogen and oxygen atoms in total. The van der Waals surface area contributed by atoms with Crippen LogP contribution in [0.1, 0.15) is 11.1 Å². The van der Waals surface area contributed by atoms with Crippen molar-refractivity contribution < 1.29 is 22.6 Å². The van der Waals surface area contributed by atoms with E-state index >= 15 is 0 Å². The molecule has 0 saturated heterocycles. The minimum atomic E-state index is -4.31. The van der Waals surface area contributed by atoms with Crippen LogP contribution in [0.5, 0.6) is 11.5 Å². The van der Waals surface area contributed by atoms with Crippen molar-refractivity contribution in [2.75, 3.05) is 12.1 Å². The molecule has 1 N–H and O–H groups in total. The van der Waals surface area contributed by atoms with Gasteiger partial charge in [0.1, 0.15) is 0 Å². The predicted molar refractivity (Wildman–Crippen MR) is 71.3 cm³/mol. The van der Waals surface area contributed by atoms with Crippen molar-refractivity contribution in [2.45, 2.75) is 12.7 Å². The molecule has 1 aliphatic heterocycles. The number of nitrogens with one attached hydrogen (secondary N) is 1. The zero-order chi connectivity index (χ0) is 14.9. The highest BCUT2D eigenvalue weighted by Crippen LogP contribution is 2.33. The minimum Gasteiger partial charge on any atom is -0.454 e. The van der Waals surface area contributed by atoms with Gasteiger partial charge in [-0.25, -0.2) is 0 Å². The summed E-state index contributed by atoms with van der Waals surface area (Å²) in [7, 11) is 0. The first kappa shape index (κ1) is 13.6. The van der Waals surface area contributed by atoms with E-state index in [2.05, 4.69) is 5.32 Å². The summed E-state index contributed by atoms with van der Waals surface area (Å²) in [4.78, 5) is 0. The predicted octanol–water partition coefficient (Wildman–Crippen LogP) is 4.05. The van der Waals surface area contributed by atoms with Crippen LogP contribution in [0.15, 0.2) is 42.5 Å². The molecule has 2 aromatic rings. The number of fused-ring (bicyclic) bond motifs is 1. The molecule has 0 atom stereocenters. The lowest BCUT2D eigenvalue weighted by molar-refractivity contribution is -0.137. The summed E-state index contributed by atoms with van der Waals surface area (Å²) in [6.45, 7) is 0.702. The molecular weight excluding hydrogens is 283 g/mol. The van der Waals surface area contributed by atoms with Crippen molar-refractivity contribution >= 4 is 5.69 Å². The van der Waals surface area contributed by atoms with Gasteiger partial charge in [-0.3, -0.25) is 0 Å². The van der Waals surface area contributed by atoms with Gasteiger partial charge in [0.05, 0.1) is 5.56 Å². The van der Waals surface area contributed by atoms with E-state index in [0.717, 1.165) is 17.7 Å². The van der Waals surface area contributed by atoms with Crippen LogP contribution in [-0.2, 0) is 12.7 Å². The first-order valence-electron chi connectivity index (χ1n) is 6.32. The Bertz CT molecular complexity index is 638. The van der Waals surface area contributed by atoms with E-state index in [1.807, 2.05) is 18.2 Å². The third kappa shape index (κ3) is 3.04. The molecule has 2 aromatic carbocycles. The number of alkyl halides is 3. The molecular formula is C15H12F3NO2. The smallest absolute Gasteiger partial charge is 0.416 e. The largest absolute Gasteiger partial charge is 0.454 e. The summed E-state index contributed by atoms with van der Waals surface area (Å²) in [5.41, 5.74) is 0.927. The first-order chi connectivity index (χ1) is 10.0. The zero-order valence-electron chi connectivity index (χ0n) is 10.9. The number of hydrogen-bond acceptors (Lipinski definition) is 3. The van der Waals surface area contributed by atoms with Crippen LogP contribution in [0.25, 0.3) is 0 Å². The molecule has 0 fully saturated rings. The van der Waals surface area contributed by atoms with Crippen LogP contribution in [0.2, 0.25) is 0 Å². The third-order valence-corrected chi connectivity index (χ3v) is 3.15. The van der Waals surface area contributed by atoms with Crippen LogP contribution >= 0.6 is 0 Å². The monoisotopic (exact) mass is 295 g/mol. The second-order valence-electron chi connectivity index (χ2n) is 4.62. The third-order valence-electron chi connectivity index (χ3n) is 3.15. The SMILES string of the molecule is FC(F)(F)c1ccc(NCc2ccc3c(c2)OCO3)cc1. The second kappa shape index (κ2) is 5.20. The number of hydrogen-bond donors (Lipinski definition) is 1. The van der Waals surface area contributed by atoms with Gasteiger partial charge in [-0.05, 0) is 42.0 Å². The van der Waals surface area contributed by atoms with Gasteiger partial charge < -0.3 is 14.8 Å². The van der Waals surface area contributed by atoms with E-state index < -0.39 is 11.7 Å². The van der Waals surface area contributed by atoms with E-state index in [4.69, 9.17) is 9.47 Å². The van der Waals surface area contributed by atoms with E-state index in [1.54, 1.807) is 0 Å². The average molecular weight is 295 g/mol. The van der Waals surface area contributed by atoms with Crippen molar-refractivity contribution in [3.63, 3.8) is 0 Å². The molecule has 0 unspecified atom stereocenters. The van der Waals surface area contributed by atoms with Gasteiger partial charge >= 0.3 is 6.18 Å². The maximum atomic E-state index is 12.5. The lowest BCUT2D eigenvalue weighted by Gasteiger charge is -2.10. The molecule has 0 spiro atoms. The molecule has 3 rings (SSSR count). The zero-order valence-corrected chi connectivity index (χ0v) is 10.9. The van der Waals surface area contributed by atoms with Gasteiger partial charge in [-0.1, -0.05) is 6.07 Å². The molecule has 0 radical (unpaired) electrons. The van der Waals surface area contributed by atoms with E-state index in [0.29, 0.717) is 23.7 Å². The van der Waals surface area contributed by atoms with Gasteiger partial charge in [-0.15, -0.1) is 0 Å². The maximum Gasteiger partial charge on any atom is 0.416 e. The summed E-state index contributed by atoms with van der Waals surface area (Å²) < 4.78 is 47.8. The van der Waals surface area contributed by atoms with Crippen molar-refractivity contribution in [3.8, 4) is 11.5 Å². The molecule has 6 heteroatoms. The molecule has 0 aliphatic carbocycles. The molecule has 21 heavy (non-hydrogen) atoms. The van der Waals surface area contributed by atoms with E-state index in [-0.39, 0.29) is 6.79 Å². The summed E-state index contributed by atoms with van der Waals surface area (Å²) in [6.07, 6.45) is -4.31. The number of anilines is 1. The molecule has 110 valence electrons. The fraction of sp³-hybridized carbons (Fsp3) is 0.200. The normalized spacial score (nSPS) is 13.3. The summed E-state index contributed by atoms with van der Waals surface area (Å²) in [5, 5.41) is 3.07. The van der Waals surface area contributed by atoms with Crippen molar-refractivity contribution in [1.29, 1.82) is 0 Å². The highest BCUT2D eigenvalue weighted by atomic mass is 19.4. The molecule has 0 saturated carbocycles. The highest BCUT2D eigenvalue weighted by molar-refractivity contribution is 5.48. The Hall–Kier alpha value is -2.37. The Morgan fingerprint density at radius 1 is 0.952 bits per heavy atom. The highest BCUT2D eigenvalue weighted by Gasteiger charge is 2.29. The standard InChI is InChI=1S/C15H12F3NO2/c16-15(17,18)11-2-4-12(5-3-11)19-8-10-1-6-13-14(7-10)21-9-20-13/h1-7,19H,8-9H2. The molecule has 0 aromatic heterocycles. The Morgan fingerprint density at radius 2 is 1.67 bits per heavy atom. The van der Waals surface area contributed by atoms with Crippen molar-refractivity contribution in [2.24, 2.45) is 0 Å². The molecule has 1 heterocycles. The second-order valence-corrected chi connectivity index (χ2v) is 4.62. The van der Waals surface area contributed by atoms with Gasteiger partial charge in [0.25, 0.3) is 0 Å². The Labute approximate surface area is 119 Å². The topological polar surface area (TPSA) is 30.5 Å². The number of ether oxygens (including phenoxy) is 2. The van der Waals surface area contributed by atoms with E-state index in [1.165, 1.54) is 12.1 Å². The Kier molecular flexibility index (Phi) is 3.37. The fourth-order valence-electron chi connectivity index (χ4n) is 2.03. The lowest BCUT2D eigenvalue weighted by atomic mass is 10.1. The van der Waals surface area contributed by atoms with Crippen LogP contribution in [0, 0.1) is 0 Å².